The van der Waals surface area contributed by atoms with Gasteiger partial charge in [-0.2, -0.15) is 0 Å². The summed E-state index contributed by atoms with van der Waals surface area (Å²) in [7, 11) is 0. The maximum absolute atomic E-state index is 5.76. The zero-order valence-corrected chi connectivity index (χ0v) is 8.56. The van der Waals surface area contributed by atoms with Crippen LogP contribution in [0.5, 0.6) is 0 Å². The molecule has 0 aliphatic carbocycles. The summed E-state index contributed by atoms with van der Waals surface area (Å²) in [6.07, 6.45) is 1.72. The molecule has 3 nitrogen and oxygen atoms in total. The Kier molecular flexibility index (Phi) is 3.03. The number of hydrogen-bond donors (Lipinski definition) is 1. The van der Waals surface area contributed by atoms with Crippen LogP contribution < -0.4 is 5.73 Å². The standard InChI is InChI=1S/C8H15N3S/c1-4-12-8-10-5-7(9)11(8)6(2)3/h5-6H,4,9H2,1-3H3. The first-order chi connectivity index (χ1) is 5.66. The molecule has 68 valence electrons. The Labute approximate surface area is 77.4 Å². The minimum Gasteiger partial charge on any atom is -0.384 e. The first-order valence-electron chi connectivity index (χ1n) is 4.12. The van der Waals surface area contributed by atoms with Gasteiger partial charge in [0.25, 0.3) is 0 Å². The van der Waals surface area contributed by atoms with Crippen LogP contribution in [0.15, 0.2) is 11.4 Å². The molecule has 0 aliphatic rings. The van der Waals surface area contributed by atoms with Crippen LogP contribution in [0.3, 0.4) is 0 Å². The fourth-order valence-corrected chi connectivity index (χ4v) is 1.95. The van der Waals surface area contributed by atoms with Crippen LogP contribution in [0, 0.1) is 0 Å². The van der Waals surface area contributed by atoms with E-state index >= 15 is 0 Å². The van der Waals surface area contributed by atoms with E-state index < -0.39 is 0 Å². The van der Waals surface area contributed by atoms with E-state index in [0.717, 1.165) is 16.7 Å². The first-order valence-corrected chi connectivity index (χ1v) is 5.10. The fourth-order valence-electron chi connectivity index (χ4n) is 1.11. The summed E-state index contributed by atoms with van der Waals surface area (Å²) in [5.74, 6) is 1.78. The van der Waals surface area contributed by atoms with E-state index in [1.807, 2.05) is 4.57 Å². The third-order valence-corrected chi connectivity index (χ3v) is 2.43. The van der Waals surface area contributed by atoms with Crippen LogP contribution in [-0.2, 0) is 0 Å². The Balaban J connectivity index is 2.95. The second-order valence-corrected chi connectivity index (χ2v) is 4.09. The number of imidazole rings is 1. The topological polar surface area (TPSA) is 43.8 Å². The van der Waals surface area contributed by atoms with Crippen LogP contribution in [-0.4, -0.2) is 15.3 Å². The zero-order chi connectivity index (χ0) is 9.14. The van der Waals surface area contributed by atoms with E-state index in [1.54, 1.807) is 18.0 Å². The van der Waals surface area contributed by atoms with Crippen molar-refractivity contribution in [2.45, 2.75) is 32.0 Å². The van der Waals surface area contributed by atoms with Crippen LogP contribution in [0.1, 0.15) is 26.8 Å². The number of nitrogen functional groups attached to an aromatic ring is 1. The highest BCUT2D eigenvalue weighted by Gasteiger charge is 2.09. The number of nitrogens with two attached hydrogens (primary N) is 1. The van der Waals surface area contributed by atoms with Gasteiger partial charge in [0.1, 0.15) is 5.82 Å². The highest BCUT2D eigenvalue weighted by Crippen LogP contribution is 2.23. The molecule has 0 fully saturated rings. The SMILES string of the molecule is CCSc1ncc(N)n1C(C)C. The number of aromatic nitrogens is 2. The molecule has 0 saturated heterocycles. The minimum absolute atomic E-state index is 0.390. The minimum atomic E-state index is 0.390. The van der Waals surface area contributed by atoms with Gasteiger partial charge in [0, 0.05) is 6.04 Å². The van der Waals surface area contributed by atoms with Crippen LogP contribution in [0.4, 0.5) is 5.82 Å². The van der Waals surface area contributed by atoms with Crippen molar-refractivity contribution in [2.24, 2.45) is 0 Å². The number of anilines is 1. The van der Waals surface area contributed by atoms with Crippen LogP contribution in [0.2, 0.25) is 0 Å². The monoisotopic (exact) mass is 185 g/mol. The number of hydrogen-bond acceptors (Lipinski definition) is 3. The quantitative estimate of drug-likeness (QED) is 0.734. The average Bonchev–Trinajstić information content (AvgIpc) is 2.32. The lowest BCUT2D eigenvalue weighted by molar-refractivity contribution is 0.557. The molecule has 2 N–H and O–H groups in total. The molecule has 0 saturated carbocycles. The summed E-state index contributed by atoms with van der Waals surface area (Å²) in [6, 6.07) is 0.390. The smallest absolute Gasteiger partial charge is 0.169 e. The zero-order valence-electron chi connectivity index (χ0n) is 7.74. The molecule has 0 aliphatic heterocycles. The Morgan fingerprint density at radius 2 is 2.33 bits per heavy atom. The molecule has 0 atom stereocenters. The van der Waals surface area contributed by atoms with Gasteiger partial charge in [-0.1, -0.05) is 18.7 Å². The van der Waals surface area contributed by atoms with Gasteiger partial charge in [0.15, 0.2) is 5.16 Å². The lowest BCUT2D eigenvalue weighted by atomic mass is 10.4. The van der Waals surface area contributed by atoms with Gasteiger partial charge in [-0.05, 0) is 19.6 Å². The predicted molar refractivity (Wildman–Crippen MR) is 53.4 cm³/mol. The summed E-state index contributed by atoms with van der Waals surface area (Å²) in [6.45, 7) is 6.33. The lowest BCUT2D eigenvalue weighted by Crippen LogP contribution is -2.06. The Morgan fingerprint density at radius 1 is 1.67 bits per heavy atom. The molecule has 1 aromatic heterocycles. The Bertz CT molecular complexity index is 255. The third kappa shape index (κ3) is 1.75. The molecule has 1 rings (SSSR count). The van der Waals surface area contributed by atoms with Crippen molar-refractivity contribution in [2.75, 3.05) is 11.5 Å². The van der Waals surface area contributed by atoms with E-state index in [0.29, 0.717) is 6.04 Å². The fraction of sp³-hybridized carbons (Fsp3) is 0.625. The van der Waals surface area contributed by atoms with Crippen LogP contribution >= 0.6 is 11.8 Å². The molecular weight excluding hydrogens is 170 g/mol. The van der Waals surface area contributed by atoms with E-state index in [2.05, 4.69) is 25.8 Å². The largest absolute Gasteiger partial charge is 0.384 e. The lowest BCUT2D eigenvalue weighted by Gasteiger charge is -2.11. The van der Waals surface area contributed by atoms with Gasteiger partial charge in [-0.15, -0.1) is 0 Å². The first kappa shape index (κ1) is 9.45. The molecule has 0 radical (unpaired) electrons. The summed E-state index contributed by atoms with van der Waals surface area (Å²) in [4.78, 5) is 4.23. The Morgan fingerprint density at radius 3 is 2.83 bits per heavy atom. The van der Waals surface area contributed by atoms with E-state index in [-0.39, 0.29) is 0 Å². The molecule has 4 heteroatoms. The number of nitrogens with zero attached hydrogens (tertiary/aromatic N) is 2. The van der Waals surface area contributed by atoms with Gasteiger partial charge < -0.3 is 10.3 Å². The maximum atomic E-state index is 5.76. The van der Waals surface area contributed by atoms with Crippen LogP contribution in [0.25, 0.3) is 0 Å². The highest BCUT2D eigenvalue weighted by atomic mass is 32.2. The molecule has 1 heterocycles. The number of rotatable bonds is 3. The molecule has 12 heavy (non-hydrogen) atoms. The summed E-state index contributed by atoms with van der Waals surface area (Å²) in [5, 5.41) is 1.02. The van der Waals surface area contributed by atoms with Gasteiger partial charge in [0.05, 0.1) is 6.20 Å². The second kappa shape index (κ2) is 3.85. The Hall–Kier alpha value is -0.640. The van der Waals surface area contributed by atoms with E-state index in [9.17, 15) is 0 Å². The molecule has 0 unspecified atom stereocenters. The van der Waals surface area contributed by atoms with Crippen molar-refractivity contribution in [3.05, 3.63) is 6.20 Å². The summed E-state index contributed by atoms with van der Waals surface area (Å²) in [5.41, 5.74) is 5.76. The second-order valence-electron chi connectivity index (χ2n) is 2.86. The molecule has 0 spiro atoms. The summed E-state index contributed by atoms with van der Waals surface area (Å²) >= 11 is 1.72. The third-order valence-electron chi connectivity index (χ3n) is 1.58. The van der Waals surface area contributed by atoms with Gasteiger partial charge in [0.2, 0.25) is 0 Å². The highest BCUT2D eigenvalue weighted by molar-refractivity contribution is 7.99. The van der Waals surface area contributed by atoms with Crippen molar-refractivity contribution < 1.29 is 0 Å². The van der Waals surface area contributed by atoms with Crippen molar-refractivity contribution in [3.63, 3.8) is 0 Å². The normalized spacial score (nSPS) is 11.0. The van der Waals surface area contributed by atoms with Crippen molar-refractivity contribution >= 4 is 17.6 Å². The van der Waals surface area contributed by atoms with Crippen molar-refractivity contribution in [3.8, 4) is 0 Å². The van der Waals surface area contributed by atoms with E-state index in [4.69, 9.17) is 5.73 Å². The molecule has 1 aromatic rings. The molecule has 0 aromatic carbocycles. The molecule has 0 amide bonds. The van der Waals surface area contributed by atoms with Crippen molar-refractivity contribution in [1.29, 1.82) is 0 Å². The maximum Gasteiger partial charge on any atom is 0.169 e. The average molecular weight is 185 g/mol. The molecule has 0 bridgehead atoms. The van der Waals surface area contributed by atoms with Gasteiger partial charge in [-0.25, -0.2) is 4.98 Å². The predicted octanol–water partition coefficient (Wildman–Crippen LogP) is 2.16. The van der Waals surface area contributed by atoms with Crippen molar-refractivity contribution in [1.82, 2.24) is 9.55 Å². The van der Waals surface area contributed by atoms with Gasteiger partial charge >= 0.3 is 0 Å². The van der Waals surface area contributed by atoms with E-state index in [1.165, 1.54) is 0 Å². The van der Waals surface area contributed by atoms with Gasteiger partial charge in [-0.3, -0.25) is 0 Å². The summed E-state index contributed by atoms with van der Waals surface area (Å²) < 4.78 is 2.05. The number of thioether (sulfide) groups is 1. The molecular formula is C8H15N3S.